The van der Waals surface area contributed by atoms with Crippen LogP contribution in [-0.2, 0) is 6.18 Å². The molecule has 0 atom stereocenters. The molecule has 2 aromatic carbocycles. The van der Waals surface area contributed by atoms with E-state index in [0.717, 1.165) is 24.0 Å². The number of hydrogen-bond donors (Lipinski definition) is 1. The largest absolute Gasteiger partial charge is 0.444 e. The molecular weight excluding hydrogens is 333 g/mol. The molecule has 0 bridgehead atoms. The highest BCUT2D eigenvalue weighted by Crippen LogP contribution is 2.30. The zero-order valence-corrected chi connectivity index (χ0v) is 13.1. The molecule has 0 aliphatic rings. The van der Waals surface area contributed by atoms with E-state index in [2.05, 4.69) is 10.3 Å². The molecule has 1 N–H and O–H groups in total. The molecule has 0 aliphatic carbocycles. The van der Waals surface area contributed by atoms with E-state index in [1.54, 1.807) is 12.1 Å². The van der Waals surface area contributed by atoms with Gasteiger partial charge in [0.05, 0.1) is 5.56 Å². The number of alkyl halides is 3. The van der Waals surface area contributed by atoms with Gasteiger partial charge in [-0.05, 0) is 43.3 Å². The molecule has 1 amide bonds. The Morgan fingerprint density at radius 1 is 1.04 bits per heavy atom. The summed E-state index contributed by atoms with van der Waals surface area (Å²) >= 11 is 0. The Morgan fingerprint density at radius 2 is 1.68 bits per heavy atom. The number of carbonyl (C=O) groups excluding carboxylic acids is 1. The number of nitrogens with one attached hydrogen (secondary N) is 1. The van der Waals surface area contributed by atoms with Gasteiger partial charge in [-0.25, -0.2) is 4.98 Å². The van der Waals surface area contributed by atoms with Crippen LogP contribution in [0.4, 0.5) is 18.9 Å². The number of anilines is 1. The summed E-state index contributed by atoms with van der Waals surface area (Å²) in [6.07, 6.45) is -3.25. The van der Waals surface area contributed by atoms with Crippen LogP contribution >= 0.6 is 0 Å². The Morgan fingerprint density at radius 3 is 2.28 bits per heavy atom. The summed E-state index contributed by atoms with van der Waals surface area (Å²) in [6, 6.07) is 11.6. The number of aromatic nitrogens is 1. The summed E-state index contributed by atoms with van der Waals surface area (Å²) in [7, 11) is 0. The molecule has 4 nitrogen and oxygen atoms in total. The SMILES string of the molecule is Cc1ccc(NC(=O)c2coc(-c3ccc(C(F)(F)F)cc3)n2)cc1. The van der Waals surface area contributed by atoms with Crippen LogP contribution in [0, 0.1) is 6.92 Å². The second kappa shape index (κ2) is 6.43. The molecule has 1 aromatic heterocycles. The zero-order valence-electron chi connectivity index (χ0n) is 13.1. The van der Waals surface area contributed by atoms with Crippen molar-refractivity contribution < 1.29 is 22.4 Å². The van der Waals surface area contributed by atoms with Crippen LogP contribution in [-0.4, -0.2) is 10.9 Å². The zero-order chi connectivity index (χ0) is 18.0. The molecule has 3 aromatic rings. The predicted octanol–water partition coefficient (Wildman–Crippen LogP) is 4.92. The van der Waals surface area contributed by atoms with E-state index in [4.69, 9.17) is 4.42 Å². The molecule has 0 unspecified atom stereocenters. The lowest BCUT2D eigenvalue weighted by atomic mass is 10.1. The van der Waals surface area contributed by atoms with Gasteiger partial charge in [-0.15, -0.1) is 0 Å². The molecule has 1 heterocycles. The van der Waals surface area contributed by atoms with Crippen molar-refractivity contribution in [1.29, 1.82) is 0 Å². The van der Waals surface area contributed by atoms with Gasteiger partial charge in [-0.3, -0.25) is 4.79 Å². The summed E-state index contributed by atoms with van der Waals surface area (Å²) < 4.78 is 42.9. The highest BCUT2D eigenvalue weighted by molar-refractivity contribution is 6.02. The Balaban J connectivity index is 1.75. The highest BCUT2D eigenvalue weighted by atomic mass is 19.4. The second-order valence-corrected chi connectivity index (χ2v) is 5.43. The highest BCUT2D eigenvalue weighted by Gasteiger charge is 2.30. The van der Waals surface area contributed by atoms with Crippen molar-refractivity contribution in [2.75, 3.05) is 5.32 Å². The molecule has 25 heavy (non-hydrogen) atoms. The topological polar surface area (TPSA) is 55.1 Å². The molecule has 0 radical (unpaired) electrons. The van der Waals surface area contributed by atoms with E-state index in [-0.39, 0.29) is 11.6 Å². The number of carbonyl (C=O) groups is 1. The molecular formula is C18H13F3N2O2. The Bertz CT molecular complexity index is 882. The van der Waals surface area contributed by atoms with Crippen LogP contribution in [0.25, 0.3) is 11.5 Å². The molecule has 0 saturated carbocycles. The van der Waals surface area contributed by atoms with Gasteiger partial charge in [0.1, 0.15) is 6.26 Å². The molecule has 0 spiro atoms. The minimum Gasteiger partial charge on any atom is -0.444 e. The standard InChI is InChI=1S/C18H13F3N2O2/c1-11-2-8-14(9-3-11)22-16(24)15-10-25-17(23-15)12-4-6-13(7-5-12)18(19,20)21/h2-10H,1H3,(H,22,24). The fourth-order valence-electron chi connectivity index (χ4n) is 2.14. The number of halogens is 3. The Hall–Kier alpha value is -3.09. The minimum atomic E-state index is -4.41. The van der Waals surface area contributed by atoms with Crippen molar-refractivity contribution in [3.8, 4) is 11.5 Å². The molecule has 128 valence electrons. The first-order valence-electron chi connectivity index (χ1n) is 7.34. The van der Waals surface area contributed by atoms with Gasteiger partial charge < -0.3 is 9.73 Å². The molecule has 7 heteroatoms. The lowest BCUT2D eigenvalue weighted by Crippen LogP contribution is -2.12. The van der Waals surface area contributed by atoms with Crippen molar-refractivity contribution >= 4 is 11.6 Å². The van der Waals surface area contributed by atoms with Gasteiger partial charge >= 0.3 is 6.18 Å². The van der Waals surface area contributed by atoms with Crippen molar-refractivity contribution in [1.82, 2.24) is 4.98 Å². The third-order valence-electron chi connectivity index (χ3n) is 3.51. The van der Waals surface area contributed by atoms with Gasteiger partial charge in [0.2, 0.25) is 5.89 Å². The predicted molar refractivity (Wildman–Crippen MR) is 86.1 cm³/mol. The first-order chi connectivity index (χ1) is 11.8. The molecule has 0 saturated heterocycles. The summed E-state index contributed by atoms with van der Waals surface area (Å²) in [4.78, 5) is 16.2. The van der Waals surface area contributed by atoms with Crippen molar-refractivity contribution in [3.63, 3.8) is 0 Å². The van der Waals surface area contributed by atoms with E-state index in [0.29, 0.717) is 11.3 Å². The van der Waals surface area contributed by atoms with E-state index in [1.165, 1.54) is 12.1 Å². The van der Waals surface area contributed by atoms with Crippen molar-refractivity contribution in [2.24, 2.45) is 0 Å². The first kappa shape index (κ1) is 16.8. The first-order valence-corrected chi connectivity index (χ1v) is 7.34. The maximum absolute atomic E-state index is 12.6. The number of oxazole rings is 1. The van der Waals surface area contributed by atoms with Gasteiger partial charge in [-0.2, -0.15) is 13.2 Å². The third kappa shape index (κ3) is 3.88. The van der Waals surface area contributed by atoms with E-state index in [9.17, 15) is 18.0 Å². The lowest BCUT2D eigenvalue weighted by Gasteiger charge is -2.06. The van der Waals surface area contributed by atoms with Crippen LogP contribution in [0.5, 0.6) is 0 Å². The van der Waals surface area contributed by atoms with Gasteiger partial charge in [0.15, 0.2) is 5.69 Å². The number of rotatable bonds is 3. The van der Waals surface area contributed by atoms with E-state index in [1.807, 2.05) is 19.1 Å². The third-order valence-corrected chi connectivity index (χ3v) is 3.51. The van der Waals surface area contributed by atoms with Crippen LogP contribution in [0.2, 0.25) is 0 Å². The lowest BCUT2D eigenvalue weighted by molar-refractivity contribution is -0.137. The Labute approximate surface area is 141 Å². The smallest absolute Gasteiger partial charge is 0.416 e. The Kier molecular flexibility index (Phi) is 4.31. The normalized spacial score (nSPS) is 11.4. The molecule has 3 rings (SSSR count). The number of aryl methyl sites for hydroxylation is 1. The summed E-state index contributed by atoms with van der Waals surface area (Å²) in [5, 5.41) is 2.67. The molecule has 0 fully saturated rings. The van der Waals surface area contributed by atoms with Crippen molar-refractivity contribution in [3.05, 3.63) is 71.6 Å². The van der Waals surface area contributed by atoms with E-state index < -0.39 is 17.6 Å². The van der Waals surface area contributed by atoms with E-state index >= 15 is 0 Å². The van der Waals surface area contributed by atoms with Gasteiger partial charge in [-0.1, -0.05) is 17.7 Å². The van der Waals surface area contributed by atoms with Gasteiger partial charge in [0.25, 0.3) is 5.91 Å². The molecule has 0 aliphatic heterocycles. The number of benzene rings is 2. The monoisotopic (exact) mass is 346 g/mol. The average molecular weight is 346 g/mol. The summed E-state index contributed by atoms with van der Waals surface area (Å²) in [6.45, 7) is 1.93. The summed E-state index contributed by atoms with van der Waals surface area (Å²) in [5.74, 6) is -0.395. The average Bonchev–Trinajstić information content (AvgIpc) is 3.06. The number of nitrogens with zero attached hydrogens (tertiary/aromatic N) is 1. The van der Waals surface area contributed by atoms with Crippen LogP contribution < -0.4 is 5.32 Å². The number of hydrogen-bond acceptors (Lipinski definition) is 3. The second-order valence-electron chi connectivity index (χ2n) is 5.43. The van der Waals surface area contributed by atoms with Crippen LogP contribution in [0.15, 0.2) is 59.2 Å². The van der Waals surface area contributed by atoms with Crippen molar-refractivity contribution in [2.45, 2.75) is 13.1 Å². The van der Waals surface area contributed by atoms with Crippen LogP contribution in [0.3, 0.4) is 0 Å². The minimum absolute atomic E-state index is 0.0375. The fraction of sp³-hybridized carbons (Fsp3) is 0.111. The fourth-order valence-corrected chi connectivity index (χ4v) is 2.14. The maximum atomic E-state index is 12.6. The maximum Gasteiger partial charge on any atom is 0.416 e. The quantitative estimate of drug-likeness (QED) is 0.732. The summed E-state index contributed by atoms with van der Waals surface area (Å²) in [5.41, 5.74) is 1.29. The van der Waals surface area contributed by atoms with Gasteiger partial charge in [0, 0.05) is 11.3 Å². The van der Waals surface area contributed by atoms with Crippen LogP contribution in [0.1, 0.15) is 21.6 Å². The number of amides is 1.